The monoisotopic (exact) mass is 408 g/mol. The van der Waals surface area contributed by atoms with Gasteiger partial charge in [0.1, 0.15) is 12.7 Å². The number of alkyl halides is 5. The topological polar surface area (TPSA) is 55.8 Å². The van der Waals surface area contributed by atoms with Gasteiger partial charge in [0.05, 0.1) is 5.92 Å². The lowest BCUT2D eigenvalue weighted by Gasteiger charge is -2.35. The van der Waals surface area contributed by atoms with Crippen molar-refractivity contribution in [3.63, 3.8) is 0 Å². The lowest BCUT2D eigenvalue weighted by molar-refractivity contribution is -0.407. The van der Waals surface area contributed by atoms with Crippen LogP contribution in [0.5, 0.6) is 0 Å². The molecule has 0 aromatic heterocycles. The first-order valence-corrected chi connectivity index (χ1v) is 9.71. The van der Waals surface area contributed by atoms with Crippen LogP contribution in [0.4, 0.5) is 22.0 Å². The third kappa shape index (κ3) is 2.38. The van der Waals surface area contributed by atoms with E-state index < -0.39 is 43.0 Å². The van der Waals surface area contributed by atoms with Gasteiger partial charge < -0.3 is 14.6 Å². The maximum absolute atomic E-state index is 13.7. The Hall–Kier alpha value is -1.22. The van der Waals surface area contributed by atoms with E-state index >= 15 is 0 Å². The van der Waals surface area contributed by atoms with Crippen LogP contribution in [-0.2, 0) is 14.3 Å². The van der Waals surface area contributed by atoms with Gasteiger partial charge in [-0.2, -0.15) is 13.2 Å². The van der Waals surface area contributed by atoms with E-state index in [-0.39, 0.29) is 11.8 Å². The molecule has 0 radical (unpaired) electrons. The summed E-state index contributed by atoms with van der Waals surface area (Å²) in [6.07, 6.45) is -1.43. The number of hydrogen-bond acceptors (Lipinski definition) is 4. The number of carbonyl (C=O) groups excluding carboxylic acids is 1. The molecule has 0 aromatic carbocycles. The molecule has 9 unspecified atom stereocenters. The van der Waals surface area contributed by atoms with Crippen LogP contribution in [0, 0.1) is 41.4 Å². The number of carbonyl (C=O) groups is 1. The van der Waals surface area contributed by atoms with Gasteiger partial charge in [0.25, 0.3) is 0 Å². The number of ether oxygens (including phenoxy) is 2. The van der Waals surface area contributed by atoms with Gasteiger partial charge in [-0.3, -0.25) is 4.79 Å². The number of hydrogen-bond donors (Lipinski definition) is 1. The van der Waals surface area contributed by atoms with Gasteiger partial charge in [0, 0.05) is 6.42 Å². The summed E-state index contributed by atoms with van der Waals surface area (Å²) in [6.45, 7) is -0.721. The molecule has 4 nitrogen and oxygen atoms in total. The van der Waals surface area contributed by atoms with Crippen molar-refractivity contribution in [2.75, 3.05) is 6.61 Å². The number of esters is 1. The standard InChI is InChI=1S/C19H21F5O4/c20-17(21)6-11(28-18(17,26)19(22,23)24)7-27-16(25)13-5-10-4-12(13)15-9-2-1-8(3-9)14(10)15/h1-2,8-15,26H,3-7H2. The largest absolute Gasteiger partial charge is 0.463 e. The molecule has 1 aliphatic heterocycles. The van der Waals surface area contributed by atoms with Gasteiger partial charge in [0.15, 0.2) is 0 Å². The zero-order valence-electron chi connectivity index (χ0n) is 14.9. The van der Waals surface area contributed by atoms with Gasteiger partial charge in [-0.15, -0.1) is 0 Å². The molecule has 0 spiro atoms. The van der Waals surface area contributed by atoms with Crippen LogP contribution in [0.25, 0.3) is 0 Å². The van der Waals surface area contributed by atoms with Crippen molar-refractivity contribution in [1.29, 1.82) is 0 Å². The second-order valence-electron chi connectivity index (χ2n) is 9.03. The average Bonchev–Trinajstić information content (AvgIpc) is 3.37. The van der Waals surface area contributed by atoms with Crippen molar-refractivity contribution in [2.45, 2.75) is 49.7 Å². The molecular formula is C19H21F5O4. The summed E-state index contributed by atoms with van der Waals surface area (Å²) in [7, 11) is 0. The summed E-state index contributed by atoms with van der Waals surface area (Å²) in [5, 5.41) is 9.31. The van der Waals surface area contributed by atoms with Crippen molar-refractivity contribution in [1.82, 2.24) is 0 Å². The fourth-order valence-electron chi connectivity index (χ4n) is 6.73. The van der Waals surface area contributed by atoms with Crippen molar-refractivity contribution >= 4 is 5.97 Å². The summed E-state index contributed by atoms with van der Waals surface area (Å²) >= 11 is 0. The van der Waals surface area contributed by atoms with E-state index in [1.807, 2.05) is 0 Å². The number of aliphatic hydroxyl groups is 1. The van der Waals surface area contributed by atoms with Gasteiger partial charge in [-0.1, -0.05) is 12.2 Å². The van der Waals surface area contributed by atoms with Crippen LogP contribution < -0.4 is 0 Å². The first-order valence-electron chi connectivity index (χ1n) is 9.71. The quantitative estimate of drug-likeness (QED) is 0.337. The van der Waals surface area contributed by atoms with E-state index in [1.165, 1.54) is 0 Å². The summed E-state index contributed by atoms with van der Waals surface area (Å²) in [5.74, 6) is -7.14. The smallest absolute Gasteiger partial charge is 0.449 e. The van der Waals surface area contributed by atoms with Gasteiger partial charge in [-0.25, -0.2) is 8.78 Å². The maximum Gasteiger partial charge on any atom is 0.449 e. The molecule has 5 aliphatic rings. The lowest BCUT2D eigenvalue weighted by atomic mass is 9.69. The van der Waals surface area contributed by atoms with E-state index in [0.29, 0.717) is 36.0 Å². The van der Waals surface area contributed by atoms with Crippen molar-refractivity contribution in [2.24, 2.45) is 41.4 Å². The Morgan fingerprint density at radius 1 is 1.14 bits per heavy atom. The van der Waals surface area contributed by atoms with Gasteiger partial charge >= 0.3 is 23.9 Å². The third-order valence-corrected chi connectivity index (χ3v) is 7.69. The Bertz CT molecular complexity index is 722. The van der Waals surface area contributed by atoms with Gasteiger partial charge in [-0.05, 0) is 54.8 Å². The molecule has 28 heavy (non-hydrogen) atoms. The Labute approximate surface area is 158 Å². The second-order valence-corrected chi connectivity index (χ2v) is 9.03. The Kier molecular flexibility index (Phi) is 3.81. The predicted molar refractivity (Wildman–Crippen MR) is 83.8 cm³/mol. The fourth-order valence-corrected chi connectivity index (χ4v) is 6.73. The minimum Gasteiger partial charge on any atom is -0.463 e. The van der Waals surface area contributed by atoms with E-state index in [9.17, 15) is 31.9 Å². The van der Waals surface area contributed by atoms with E-state index in [1.54, 1.807) is 0 Å². The van der Waals surface area contributed by atoms with E-state index in [2.05, 4.69) is 16.9 Å². The Morgan fingerprint density at radius 3 is 2.46 bits per heavy atom. The number of allylic oxidation sites excluding steroid dienone is 2. The molecule has 4 fully saturated rings. The highest BCUT2D eigenvalue weighted by molar-refractivity contribution is 5.73. The van der Waals surface area contributed by atoms with Crippen molar-refractivity contribution in [3.8, 4) is 0 Å². The predicted octanol–water partition coefficient (Wildman–Crippen LogP) is 3.30. The number of fused-ring (bicyclic) bond motifs is 9. The highest BCUT2D eigenvalue weighted by Crippen LogP contribution is 2.67. The molecule has 9 atom stereocenters. The highest BCUT2D eigenvalue weighted by Gasteiger charge is 2.75. The fraction of sp³-hybridized carbons (Fsp3) is 0.842. The van der Waals surface area contributed by atoms with E-state index in [0.717, 1.165) is 12.8 Å². The minimum absolute atomic E-state index is 0.195. The summed E-state index contributed by atoms with van der Waals surface area (Å²) in [4.78, 5) is 12.5. The van der Waals surface area contributed by atoms with Crippen LogP contribution >= 0.6 is 0 Å². The van der Waals surface area contributed by atoms with Crippen LogP contribution in [0.3, 0.4) is 0 Å². The van der Waals surface area contributed by atoms with Crippen LogP contribution in [0.15, 0.2) is 12.2 Å². The second kappa shape index (κ2) is 5.68. The summed E-state index contributed by atoms with van der Waals surface area (Å²) in [5.41, 5.74) is 0. The molecule has 0 aromatic rings. The van der Waals surface area contributed by atoms with Crippen LogP contribution in [0.1, 0.15) is 25.7 Å². The molecule has 1 N–H and O–H groups in total. The molecule has 1 heterocycles. The molecule has 5 rings (SSSR count). The van der Waals surface area contributed by atoms with Crippen molar-refractivity contribution in [3.05, 3.63) is 12.2 Å². The molecule has 4 aliphatic carbocycles. The molecular weight excluding hydrogens is 387 g/mol. The molecule has 156 valence electrons. The highest BCUT2D eigenvalue weighted by atomic mass is 19.4. The van der Waals surface area contributed by atoms with Crippen molar-refractivity contribution < 1.29 is 41.3 Å². The molecule has 9 heteroatoms. The zero-order chi connectivity index (χ0) is 20.1. The molecule has 0 amide bonds. The first kappa shape index (κ1) is 18.8. The van der Waals surface area contributed by atoms with Crippen LogP contribution in [-0.4, -0.2) is 41.7 Å². The first-order chi connectivity index (χ1) is 13.0. The normalized spacial score (nSPS) is 50.4. The molecule has 1 saturated heterocycles. The third-order valence-electron chi connectivity index (χ3n) is 7.69. The molecule has 4 bridgehead atoms. The summed E-state index contributed by atoms with van der Waals surface area (Å²) < 4.78 is 75.0. The number of halogens is 5. The van der Waals surface area contributed by atoms with E-state index in [4.69, 9.17) is 4.74 Å². The SMILES string of the molecule is O=C(OCC1CC(F)(F)C(O)(C(F)(F)F)O1)C1CC2CC1C1C3C=CC(C3)C21. The zero-order valence-corrected chi connectivity index (χ0v) is 14.9. The molecule has 3 saturated carbocycles. The van der Waals surface area contributed by atoms with Crippen LogP contribution in [0.2, 0.25) is 0 Å². The average molecular weight is 408 g/mol. The maximum atomic E-state index is 13.7. The Morgan fingerprint density at radius 2 is 1.82 bits per heavy atom. The lowest BCUT2D eigenvalue weighted by Crippen LogP contribution is -2.56. The summed E-state index contributed by atoms with van der Waals surface area (Å²) in [6, 6.07) is 0. The Balaban J connectivity index is 1.21. The van der Waals surface area contributed by atoms with Gasteiger partial charge in [0.2, 0.25) is 0 Å². The number of rotatable bonds is 3. The minimum atomic E-state index is -5.65.